The van der Waals surface area contributed by atoms with Crippen LogP contribution in [-0.4, -0.2) is 51.4 Å². The summed E-state index contributed by atoms with van der Waals surface area (Å²) in [6.45, 7) is 8.41. The van der Waals surface area contributed by atoms with E-state index in [2.05, 4.69) is 41.8 Å². The average Bonchev–Trinajstić information content (AvgIpc) is 3.33. The fourth-order valence-electron chi connectivity index (χ4n) is 2.83. The van der Waals surface area contributed by atoms with Gasteiger partial charge in [-0.25, -0.2) is 0 Å². The number of amides is 2. The molecule has 3 aromatic rings. The number of ether oxygens (including phenoxy) is 1. The number of benzene rings is 1. The first-order chi connectivity index (χ1) is 15.2. The summed E-state index contributed by atoms with van der Waals surface area (Å²) in [4.78, 5) is 28.2. The number of nitrogens with one attached hydrogen (secondary N) is 2. The number of carbonyl (C=O) groups excluding carboxylic acids is 2. The Balaban J connectivity index is 1.39. The zero-order valence-electron chi connectivity index (χ0n) is 18.4. The summed E-state index contributed by atoms with van der Waals surface area (Å²) in [6.07, 6.45) is 0. The number of aryl methyl sites for hydroxylation is 3. The maximum Gasteiger partial charge on any atom is 0.316 e. The lowest BCUT2D eigenvalue weighted by Gasteiger charge is -2.09. The Morgan fingerprint density at radius 1 is 1.12 bits per heavy atom. The van der Waals surface area contributed by atoms with E-state index >= 15 is 0 Å². The number of carbonyl (C=O) groups is 2. The van der Waals surface area contributed by atoms with Gasteiger partial charge in [0.05, 0.1) is 15.9 Å². The van der Waals surface area contributed by atoms with Gasteiger partial charge in [-0.3, -0.25) is 14.3 Å². The highest BCUT2D eigenvalue weighted by molar-refractivity contribution is 9.10. The van der Waals surface area contributed by atoms with E-state index in [4.69, 9.17) is 9.26 Å². The van der Waals surface area contributed by atoms with Crippen molar-refractivity contribution in [3.8, 4) is 5.75 Å². The van der Waals surface area contributed by atoms with Crippen molar-refractivity contribution in [2.75, 3.05) is 19.7 Å². The third-order valence-electron chi connectivity index (χ3n) is 4.83. The van der Waals surface area contributed by atoms with Crippen LogP contribution in [0.2, 0.25) is 0 Å². The number of aromatic nitrogens is 4. The van der Waals surface area contributed by atoms with Crippen LogP contribution in [0.4, 0.5) is 0 Å². The van der Waals surface area contributed by atoms with Crippen molar-refractivity contribution in [1.82, 2.24) is 30.6 Å². The van der Waals surface area contributed by atoms with E-state index in [-0.39, 0.29) is 38.0 Å². The molecule has 11 heteroatoms. The average molecular weight is 505 g/mol. The standard InChI is InChI=1S/C21H25BrN6O4/c1-12-5-6-16(9-13(12)2)31-11-18(29)23-7-8-24-20(30)21-25-17(27-32-21)10-28-15(4)19(22)14(3)26-28/h5-6,9H,7-8,10-11H2,1-4H3,(H,23,29)(H,24,30). The molecule has 2 N–H and O–H groups in total. The third kappa shape index (κ3) is 5.94. The van der Waals surface area contributed by atoms with E-state index < -0.39 is 5.91 Å². The smallest absolute Gasteiger partial charge is 0.316 e. The Hall–Kier alpha value is -3.21. The minimum Gasteiger partial charge on any atom is -0.484 e. The summed E-state index contributed by atoms with van der Waals surface area (Å²) in [6, 6.07) is 5.65. The molecule has 0 radical (unpaired) electrons. The number of hydrogen-bond donors (Lipinski definition) is 2. The molecule has 1 aromatic carbocycles. The molecule has 2 aromatic heterocycles. The highest BCUT2D eigenvalue weighted by atomic mass is 79.9. The van der Waals surface area contributed by atoms with Crippen molar-refractivity contribution in [1.29, 1.82) is 0 Å². The molecule has 0 bridgehead atoms. The predicted octanol–water partition coefficient (Wildman–Crippen LogP) is 2.24. The Kier molecular flexibility index (Phi) is 7.62. The van der Waals surface area contributed by atoms with Gasteiger partial charge in [-0.1, -0.05) is 11.2 Å². The summed E-state index contributed by atoms with van der Waals surface area (Å²) in [5, 5.41) is 13.5. The summed E-state index contributed by atoms with van der Waals surface area (Å²) >= 11 is 3.46. The SMILES string of the molecule is Cc1ccc(OCC(=O)NCCNC(=O)c2nc(Cn3nc(C)c(Br)c3C)no2)cc1C. The molecule has 0 unspecified atom stereocenters. The van der Waals surface area contributed by atoms with Crippen LogP contribution >= 0.6 is 15.9 Å². The highest BCUT2D eigenvalue weighted by Gasteiger charge is 2.17. The van der Waals surface area contributed by atoms with E-state index in [1.165, 1.54) is 0 Å². The Labute approximate surface area is 193 Å². The van der Waals surface area contributed by atoms with Crippen molar-refractivity contribution in [3.63, 3.8) is 0 Å². The van der Waals surface area contributed by atoms with Crippen LogP contribution in [0.1, 0.15) is 39.0 Å². The van der Waals surface area contributed by atoms with Crippen LogP contribution in [0.25, 0.3) is 0 Å². The van der Waals surface area contributed by atoms with Gasteiger partial charge in [-0.05, 0) is 66.9 Å². The molecular formula is C21H25BrN6O4. The van der Waals surface area contributed by atoms with Gasteiger partial charge in [0.15, 0.2) is 12.4 Å². The molecule has 32 heavy (non-hydrogen) atoms. The lowest BCUT2D eigenvalue weighted by atomic mass is 10.1. The van der Waals surface area contributed by atoms with E-state index in [0.717, 1.165) is 27.0 Å². The molecule has 10 nitrogen and oxygen atoms in total. The maximum atomic E-state index is 12.2. The molecule has 0 aliphatic rings. The Morgan fingerprint density at radius 3 is 2.56 bits per heavy atom. The quantitative estimate of drug-likeness (QED) is 0.428. The van der Waals surface area contributed by atoms with Gasteiger partial charge < -0.3 is 19.9 Å². The molecule has 0 aliphatic carbocycles. The van der Waals surface area contributed by atoms with Crippen molar-refractivity contribution >= 4 is 27.7 Å². The number of nitrogens with zero attached hydrogens (tertiary/aromatic N) is 4. The molecule has 170 valence electrons. The van der Waals surface area contributed by atoms with Crippen molar-refractivity contribution in [2.24, 2.45) is 0 Å². The third-order valence-corrected chi connectivity index (χ3v) is 5.98. The largest absolute Gasteiger partial charge is 0.484 e. The van der Waals surface area contributed by atoms with Gasteiger partial charge in [0.2, 0.25) is 0 Å². The lowest BCUT2D eigenvalue weighted by Crippen LogP contribution is -2.36. The fraction of sp³-hybridized carbons (Fsp3) is 0.381. The normalized spacial score (nSPS) is 10.8. The van der Waals surface area contributed by atoms with Crippen LogP contribution < -0.4 is 15.4 Å². The zero-order valence-corrected chi connectivity index (χ0v) is 19.9. The summed E-state index contributed by atoms with van der Waals surface area (Å²) in [5.41, 5.74) is 4.03. The lowest BCUT2D eigenvalue weighted by molar-refractivity contribution is -0.123. The molecule has 0 saturated carbocycles. The van der Waals surface area contributed by atoms with Crippen LogP contribution in [0.15, 0.2) is 27.2 Å². The van der Waals surface area contributed by atoms with E-state index in [1.54, 1.807) is 4.68 Å². The van der Waals surface area contributed by atoms with Crippen molar-refractivity contribution in [3.05, 3.63) is 56.9 Å². The first-order valence-electron chi connectivity index (χ1n) is 10.0. The van der Waals surface area contributed by atoms with Crippen molar-refractivity contribution < 1.29 is 18.8 Å². The van der Waals surface area contributed by atoms with Crippen LogP contribution in [0.3, 0.4) is 0 Å². The first kappa shape index (κ1) is 23.5. The van der Waals surface area contributed by atoms with Crippen molar-refractivity contribution in [2.45, 2.75) is 34.2 Å². The second kappa shape index (κ2) is 10.4. The van der Waals surface area contributed by atoms with Gasteiger partial charge in [0.1, 0.15) is 12.3 Å². The number of halogens is 1. The molecule has 3 rings (SSSR count). The fourth-order valence-corrected chi connectivity index (χ4v) is 3.11. The van der Waals surface area contributed by atoms with Crippen LogP contribution in [0.5, 0.6) is 5.75 Å². The number of rotatable bonds is 9. The molecule has 2 amide bonds. The van der Waals surface area contributed by atoms with Gasteiger partial charge in [-0.15, -0.1) is 0 Å². The van der Waals surface area contributed by atoms with Crippen LogP contribution in [-0.2, 0) is 11.3 Å². The molecule has 0 saturated heterocycles. The Morgan fingerprint density at radius 2 is 1.88 bits per heavy atom. The summed E-state index contributed by atoms with van der Waals surface area (Å²) in [5.74, 6) is 0.0270. The molecule has 0 atom stereocenters. The molecule has 0 aliphatic heterocycles. The minimum absolute atomic E-state index is 0.105. The van der Waals surface area contributed by atoms with Gasteiger partial charge >= 0.3 is 11.8 Å². The van der Waals surface area contributed by atoms with Gasteiger partial charge in [0, 0.05) is 13.1 Å². The second-order valence-corrected chi connectivity index (χ2v) is 8.09. The van der Waals surface area contributed by atoms with Gasteiger partial charge in [-0.2, -0.15) is 10.1 Å². The Bertz CT molecular complexity index is 1120. The second-order valence-electron chi connectivity index (χ2n) is 7.30. The summed E-state index contributed by atoms with van der Waals surface area (Å²) in [7, 11) is 0. The first-order valence-corrected chi connectivity index (χ1v) is 10.8. The van der Waals surface area contributed by atoms with Gasteiger partial charge in [0.25, 0.3) is 5.91 Å². The van der Waals surface area contributed by atoms with Crippen LogP contribution in [0, 0.1) is 27.7 Å². The van der Waals surface area contributed by atoms with E-state index in [1.807, 2.05) is 45.9 Å². The zero-order chi connectivity index (χ0) is 23.3. The topological polar surface area (TPSA) is 124 Å². The minimum atomic E-state index is -0.515. The maximum absolute atomic E-state index is 12.2. The molecule has 2 heterocycles. The monoisotopic (exact) mass is 504 g/mol. The molecular weight excluding hydrogens is 480 g/mol. The van der Waals surface area contributed by atoms with E-state index in [9.17, 15) is 9.59 Å². The summed E-state index contributed by atoms with van der Waals surface area (Å²) < 4.78 is 13.1. The molecule has 0 fully saturated rings. The highest BCUT2D eigenvalue weighted by Crippen LogP contribution is 2.20. The number of hydrogen-bond acceptors (Lipinski definition) is 7. The van der Waals surface area contributed by atoms with E-state index in [0.29, 0.717) is 11.6 Å². The molecule has 0 spiro atoms. The predicted molar refractivity (Wildman–Crippen MR) is 120 cm³/mol.